The van der Waals surface area contributed by atoms with E-state index in [4.69, 9.17) is 0 Å². The fourth-order valence-electron chi connectivity index (χ4n) is 3.18. The Kier molecular flexibility index (Phi) is 2.28. The molecule has 1 aliphatic heterocycles. The molecule has 0 amide bonds. The Hall–Kier alpha value is -0.820. The number of benzene rings is 1. The summed E-state index contributed by atoms with van der Waals surface area (Å²) < 4.78 is 0. The van der Waals surface area contributed by atoms with Crippen LogP contribution in [-0.2, 0) is 6.42 Å². The molecular formula is C14H19N. The molecule has 0 aromatic heterocycles. The number of nitrogens with one attached hydrogen (secondary N) is 1. The molecule has 2 bridgehead atoms. The smallest absolute Gasteiger partial charge is 0.0139 e. The summed E-state index contributed by atoms with van der Waals surface area (Å²) in [5.41, 5.74) is 2.85. The second-order valence-corrected chi connectivity index (χ2v) is 5.23. The average Bonchev–Trinajstić information content (AvgIpc) is 2.83. The summed E-state index contributed by atoms with van der Waals surface area (Å²) in [6, 6.07) is 10.6. The van der Waals surface area contributed by atoms with Gasteiger partial charge in [0.05, 0.1) is 0 Å². The van der Waals surface area contributed by atoms with Crippen molar-refractivity contribution in [3.8, 4) is 0 Å². The van der Waals surface area contributed by atoms with E-state index in [1.54, 1.807) is 0 Å². The number of rotatable bonds is 2. The highest BCUT2D eigenvalue weighted by Gasteiger charge is 2.38. The van der Waals surface area contributed by atoms with Gasteiger partial charge in [-0.05, 0) is 44.1 Å². The van der Waals surface area contributed by atoms with Crippen LogP contribution >= 0.6 is 0 Å². The standard InChI is InChI=1S/C14H19N/c1-10-2-4-11(5-3-10)8-14-12-6-7-13(9-12)15-14/h2-5,12-15H,6-9H2,1H3. The second kappa shape index (κ2) is 3.64. The molecule has 2 fully saturated rings. The van der Waals surface area contributed by atoms with Crippen molar-refractivity contribution < 1.29 is 0 Å². The average molecular weight is 201 g/mol. The van der Waals surface area contributed by atoms with Crippen molar-refractivity contribution >= 4 is 0 Å². The topological polar surface area (TPSA) is 12.0 Å². The molecule has 1 aromatic carbocycles. The maximum Gasteiger partial charge on any atom is 0.0139 e. The normalized spacial score (nSPS) is 33.5. The van der Waals surface area contributed by atoms with Gasteiger partial charge in [0.1, 0.15) is 0 Å². The Balaban J connectivity index is 1.68. The van der Waals surface area contributed by atoms with E-state index < -0.39 is 0 Å². The first kappa shape index (κ1) is 9.41. The lowest BCUT2D eigenvalue weighted by atomic mass is 9.93. The number of hydrogen-bond acceptors (Lipinski definition) is 1. The molecule has 3 unspecified atom stereocenters. The zero-order valence-electron chi connectivity index (χ0n) is 9.37. The Morgan fingerprint density at radius 2 is 2.00 bits per heavy atom. The van der Waals surface area contributed by atoms with Gasteiger partial charge in [0.2, 0.25) is 0 Å². The lowest BCUT2D eigenvalue weighted by Gasteiger charge is -2.23. The highest BCUT2D eigenvalue weighted by molar-refractivity contribution is 5.22. The molecule has 1 nitrogen and oxygen atoms in total. The summed E-state index contributed by atoms with van der Waals surface area (Å²) >= 11 is 0. The number of aryl methyl sites for hydroxylation is 1. The van der Waals surface area contributed by atoms with E-state index in [-0.39, 0.29) is 0 Å². The molecule has 1 heteroatoms. The van der Waals surface area contributed by atoms with Gasteiger partial charge < -0.3 is 5.32 Å². The molecule has 15 heavy (non-hydrogen) atoms. The Bertz CT molecular complexity index is 341. The molecule has 1 N–H and O–H groups in total. The Morgan fingerprint density at radius 1 is 1.20 bits per heavy atom. The molecule has 2 aliphatic rings. The van der Waals surface area contributed by atoms with Crippen LogP contribution in [0.4, 0.5) is 0 Å². The molecule has 0 radical (unpaired) electrons. The van der Waals surface area contributed by atoms with Crippen LogP contribution in [0, 0.1) is 12.8 Å². The third-order valence-electron chi connectivity index (χ3n) is 4.07. The summed E-state index contributed by atoms with van der Waals surface area (Å²) in [6.45, 7) is 2.15. The minimum atomic E-state index is 0.756. The van der Waals surface area contributed by atoms with Gasteiger partial charge in [0.25, 0.3) is 0 Å². The van der Waals surface area contributed by atoms with E-state index in [1.165, 1.54) is 36.8 Å². The lowest BCUT2D eigenvalue weighted by molar-refractivity contribution is 0.379. The van der Waals surface area contributed by atoms with Crippen LogP contribution < -0.4 is 5.32 Å². The fraction of sp³-hybridized carbons (Fsp3) is 0.571. The molecule has 80 valence electrons. The zero-order chi connectivity index (χ0) is 10.3. The van der Waals surface area contributed by atoms with E-state index >= 15 is 0 Å². The van der Waals surface area contributed by atoms with Crippen molar-refractivity contribution in [2.45, 2.75) is 44.7 Å². The maximum atomic E-state index is 3.75. The quantitative estimate of drug-likeness (QED) is 0.775. The SMILES string of the molecule is Cc1ccc(CC2NC3CCC2C3)cc1. The molecule has 3 atom stereocenters. The number of hydrogen-bond donors (Lipinski definition) is 1. The van der Waals surface area contributed by atoms with E-state index in [2.05, 4.69) is 36.5 Å². The van der Waals surface area contributed by atoms with Crippen molar-refractivity contribution in [2.24, 2.45) is 5.92 Å². The maximum absolute atomic E-state index is 3.75. The van der Waals surface area contributed by atoms with Crippen LogP contribution in [0.5, 0.6) is 0 Å². The van der Waals surface area contributed by atoms with E-state index in [9.17, 15) is 0 Å². The van der Waals surface area contributed by atoms with E-state index in [0.29, 0.717) is 0 Å². The number of fused-ring (bicyclic) bond motifs is 2. The van der Waals surface area contributed by atoms with Crippen LogP contribution in [0.25, 0.3) is 0 Å². The van der Waals surface area contributed by atoms with Crippen molar-refractivity contribution in [3.05, 3.63) is 35.4 Å². The molecule has 0 spiro atoms. The van der Waals surface area contributed by atoms with E-state index in [1.807, 2.05) is 0 Å². The lowest BCUT2D eigenvalue weighted by Crippen LogP contribution is -2.36. The predicted molar refractivity (Wildman–Crippen MR) is 62.9 cm³/mol. The van der Waals surface area contributed by atoms with Crippen molar-refractivity contribution in [1.29, 1.82) is 0 Å². The molecule has 1 aromatic rings. The van der Waals surface area contributed by atoms with Gasteiger partial charge in [-0.15, -0.1) is 0 Å². The summed E-state index contributed by atoms with van der Waals surface area (Å²) in [4.78, 5) is 0. The number of piperidine rings is 1. The van der Waals surface area contributed by atoms with Gasteiger partial charge >= 0.3 is 0 Å². The molecule has 1 aliphatic carbocycles. The van der Waals surface area contributed by atoms with Crippen LogP contribution in [-0.4, -0.2) is 12.1 Å². The van der Waals surface area contributed by atoms with Crippen molar-refractivity contribution in [1.82, 2.24) is 5.32 Å². The molecule has 1 saturated heterocycles. The monoisotopic (exact) mass is 201 g/mol. The van der Waals surface area contributed by atoms with Gasteiger partial charge in [-0.3, -0.25) is 0 Å². The van der Waals surface area contributed by atoms with Gasteiger partial charge in [-0.1, -0.05) is 29.8 Å². The van der Waals surface area contributed by atoms with Crippen molar-refractivity contribution in [3.63, 3.8) is 0 Å². The van der Waals surface area contributed by atoms with Crippen LogP contribution in [0.2, 0.25) is 0 Å². The summed E-state index contributed by atoms with van der Waals surface area (Å²) in [7, 11) is 0. The van der Waals surface area contributed by atoms with Gasteiger partial charge in [-0.25, -0.2) is 0 Å². The van der Waals surface area contributed by atoms with Crippen LogP contribution in [0.3, 0.4) is 0 Å². The minimum Gasteiger partial charge on any atom is -0.311 e. The molecule has 1 saturated carbocycles. The third kappa shape index (κ3) is 1.81. The third-order valence-corrected chi connectivity index (χ3v) is 4.07. The summed E-state index contributed by atoms with van der Waals surface area (Å²) in [5, 5.41) is 3.75. The highest BCUT2D eigenvalue weighted by atomic mass is 15.0. The summed E-state index contributed by atoms with van der Waals surface area (Å²) in [5.74, 6) is 0.955. The Morgan fingerprint density at radius 3 is 2.60 bits per heavy atom. The van der Waals surface area contributed by atoms with Gasteiger partial charge in [-0.2, -0.15) is 0 Å². The summed E-state index contributed by atoms with van der Waals surface area (Å²) in [6.07, 6.45) is 5.52. The van der Waals surface area contributed by atoms with E-state index in [0.717, 1.165) is 18.0 Å². The largest absolute Gasteiger partial charge is 0.311 e. The molecule has 3 rings (SSSR count). The van der Waals surface area contributed by atoms with Gasteiger partial charge in [0.15, 0.2) is 0 Å². The second-order valence-electron chi connectivity index (χ2n) is 5.23. The highest BCUT2D eigenvalue weighted by Crippen LogP contribution is 2.36. The van der Waals surface area contributed by atoms with Crippen LogP contribution in [0.15, 0.2) is 24.3 Å². The molecule has 1 heterocycles. The molecular weight excluding hydrogens is 182 g/mol. The van der Waals surface area contributed by atoms with Gasteiger partial charge in [0, 0.05) is 12.1 Å². The first-order valence-electron chi connectivity index (χ1n) is 6.13. The van der Waals surface area contributed by atoms with Crippen molar-refractivity contribution in [2.75, 3.05) is 0 Å². The predicted octanol–water partition coefficient (Wildman–Crippen LogP) is 2.68. The Labute approximate surface area is 91.9 Å². The zero-order valence-corrected chi connectivity index (χ0v) is 9.37. The fourth-order valence-corrected chi connectivity index (χ4v) is 3.18. The van der Waals surface area contributed by atoms with Crippen LogP contribution in [0.1, 0.15) is 30.4 Å². The minimum absolute atomic E-state index is 0.756. The first-order valence-corrected chi connectivity index (χ1v) is 6.13. The first-order chi connectivity index (χ1) is 7.31.